The molecule has 7 heteroatoms. The zero-order valence-electron chi connectivity index (χ0n) is 18.6. The van der Waals surface area contributed by atoms with Crippen molar-refractivity contribution < 1.29 is 9.53 Å². The normalized spacial score (nSPS) is 18.4. The number of carbonyl (C=O) groups is 1. The summed E-state index contributed by atoms with van der Waals surface area (Å²) in [6, 6.07) is 11.8. The molecular weight excluding hydrogens is 456 g/mol. The minimum absolute atomic E-state index is 0.195. The number of thioether (sulfide) groups is 1. The molecule has 0 aliphatic carbocycles. The van der Waals surface area contributed by atoms with Gasteiger partial charge in [0.2, 0.25) is 5.43 Å². The molecule has 3 aromatic rings. The van der Waals surface area contributed by atoms with Crippen LogP contribution in [0.3, 0.4) is 0 Å². The lowest BCUT2D eigenvalue weighted by Crippen LogP contribution is -2.31. The van der Waals surface area contributed by atoms with E-state index < -0.39 is 0 Å². The summed E-state index contributed by atoms with van der Waals surface area (Å²) in [4.78, 5) is 27.7. The van der Waals surface area contributed by atoms with Gasteiger partial charge in [0, 0.05) is 53.1 Å². The molecule has 1 fully saturated rings. The lowest BCUT2D eigenvalue weighted by molar-refractivity contribution is 0.0665. The summed E-state index contributed by atoms with van der Waals surface area (Å²) in [5.41, 5.74) is 3.06. The maximum absolute atomic E-state index is 13.5. The molecule has 2 aromatic carbocycles. The summed E-state index contributed by atoms with van der Waals surface area (Å²) in [6.07, 6.45) is 4.78. The molecule has 33 heavy (non-hydrogen) atoms. The van der Waals surface area contributed by atoms with Crippen LogP contribution in [-0.2, 0) is 17.7 Å². The zero-order valence-corrected chi connectivity index (χ0v) is 20.2. The molecule has 0 spiro atoms. The molecule has 5 nitrogen and oxygen atoms in total. The van der Waals surface area contributed by atoms with E-state index in [1.807, 2.05) is 18.2 Å². The van der Waals surface area contributed by atoms with Crippen LogP contribution in [0.1, 0.15) is 47.3 Å². The number of rotatable bonds is 5. The third kappa shape index (κ3) is 4.70. The zero-order chi connectivity index (χ0) is 22.9. The van der Waals surface area contributed by atoms with Crippen molar-refractivity contribution in [3.8, 4) is 0 Å². The summed E-state index contributed by atoms with van der Waals surface area (Å²) < 4.78 is 7.61. The van der Waals surface area contributed by atoms with Gasteiger partial charge in [-0.1, -0.05) is 23.7 Å². The SMILES string of the molecule is CC1CSc2cc(CC3CCOCC3)cc3c(=O)c(C(=O)NCc4ccc(Cl)cc4)cn1c23. The largest absolute Gasteiger partial charge is 0.381 e. The maximum Gasteiger partial charge on any atom is 0.257 e. The molecule has 1 saturated heterocycles. The summed E-state index contributed by atoms with van der Waals surface area (Å²) in [5.74, 6) is 1.14. The fourth-order valence-electron chi connectivity index (χ4n) is 4.70. The number of ether oxygens (including phenoxy) is 1. The third-order valence-corrected chi connectivity index (χ3v) is 8.10. The first-order valence-corrected chi connectivity index (χ1v) is 12.8. The van der Waals surface area contributed by atoms with E-state index in [-0.39, 0.29) is 22.9 Å². The van der Waals surface area contributed by atoms with Crippen molar-refractivity contribution in [1.29, 1.82) is 0 Å². The smallest absolute Gasteiger partial charge is 0.257 e. The van der Waals surface area contributed by atoms with E-state index >= 15 is 0 Å². The number of pyridine rings is 1. The van der Waals surface area contributed by atoms with Crippen molar-refractivity contribution in [2.24, 2.45) is 5.92 Å². The Bertz CT molecular complexity index is 1250. The van der Waals surface area contributed by atoms with E-state index in [1.165, 1.54) is 5.56 Å². The number of carbonyl (C=O) groups excluding carboxylic acids is 1. The van der Waals surface area contributed by atoms with Gasteiger partial charge in [-0.3, -0.25) is 9.59 Å². The fraction of sp³-hybridized carbons (Fsp3) is 0.385. The number of benzene rings is 2. The number of aromatic nitrogens is 1. The first-order chi connectivity index (χ1) is 16.0. The van der Waals surface area contributed by atoms with Crippen LogP contribution >= 0.6 is 23.4 Å². The molecule has 1 atom stereocenters. The van der Waals surface area contributed by atoms with Crippen LogP contribution < -0.4 is 10.7 Å². The summed E-state index contributed by atoms with van der Waals surface area (Å²) >= 11 is 7.75. The third-order valence-electron chi connectivity index (χ3n) is 6.58. The van der Waals surface area contributed by atoms with Crippen LogP contribution in [0.2, 0.25) is 5.02 Å². The minimum Gasteiger partial charge on any atom is -0.381 e. The van der Waals surface area contributed by atoms with Crippen molar-refractivity contribution in [3.63, 3.8) is 0 Å². The predicted octanol–water partition coefficient (Wildman–Crippen LogP) is 5.22. The average molecular weight is 483 g/mol. The van der Waals surface area contributed by atoms with Crippen molar-refractivity contribution in [2.75, 3.05) is 19.0 Å². The summed E-state index contributed by atoms with van der Waals surface area (Å²) in [5, 5.41) is 4.20. The highest BCUT2D eigenvalue weighted by Crippen LogP contribution is 2.37. The molecule has 1 amide bonds. The second-order valence-corrected chi connectivity index (χ2v) is 10.5. The Labute approximate surface area is 202 Å². The standard InChI is InChI=1S/C26H27ClN2O3S/c1-16-15-33-23-12-19(10-17-6-8-32-9-7-17)11-21-24(23)29(16)14-22(25(21)30)26(31)28-13-18-2-4-20(27)5-3-18/h2-5,11-12,14,16-17H,6-10,13,15H2,1H3,(H,28,31). The Balaban J connectivity index is 1.50. The highest BCUT2D eigenvalue weighted by atomic mass is 35.5. The van der Waals surface area contributed by atoms with Gasteiger partial charge in [-0.05, 0) is 67.5 Å². The molecule has 1 aromatic heterocycles. The van der Waals surface area contributed by atoms with Gasteiger partial charge in [0.25, 0.3) is 5.91 Å². The molecule has 5 rings (SSSR count). The van der Waals surface area contributed by atoms with Crippen LogP contribution in [0.4, 0.5) is 0 Å². The fourth-order valence-corrected chi connectivity index (χ4v) is 6.00. The van der Waals surface area contributed by atoms with E-state index in [0.29, 0.717) is 22.9 Å². The van der Waals surface area contributed by atoms with E-state index in [1.54, 1.807) is 30.1 Å². The molecule has 0 saturated carbocycles. The number of hydrogen-bond donors (Lipinski definition) is 1. The number of nitrogens with one attached hydrogen (secondary N) is 1. The molecule has 1 N–H and O–H groups in total. The highest BCUT2D eigenvalue weighted by Gasteiger charge is 2.25. The van der Waals surface area contributed by atoms with Gasteiger partial charge >= 0.3 is 0 Å². The first kappa shape index (κ1) is 22.5. The molecule has 2 aliphatic heterocycles. The van der Waals surface area contributed by atoms with E-state index in [4.69, 9.17) is 16.3 Å². The van der Waals surface area contributed by atoms with Gasteiger partial charge in [-0.25, -0.2) is 0 Å². The Morgan fingerprint density at radius 1 is 1.18 bits per heavy atom. The number of amides is 1. The Morgan fingerprint density at radius 2 is 1.94 bits per heavy atom. The summed E-state index contributed by atoms with van der Waals surface area (Å²) in [7, 11) is 0. The van der Waals surface area contributed by atoms with Crippen LogP contribution in [0, 0.1) is 5.92 Å². The van der Waals surface area contributed by atoms with Gasteiger partial charge in [0.05, 0.1) is 5.52 Å². The van der Waals surface area contributed by atoms with Gasteiger partial charge in [-0.15, -0.1) is 11.8 Å². The van der Waals surface area contributed by atoms with E-state index in [2.05, 4.69) is 22.9 Å². The molecule has 1 unspecified atom stereocenters. The van der Waals surface area contributed by atoms with Gasteiger partial charge in [-0.2, -0.15) is 0 Å². The Morgan fingerprint density at radius 3 is 2.70 bits per heavy atom. The quantitative estimate of drug-likeness (QED) is 0.541. The second kappa shape index (κ2) is 9.53. The second-order valence-electron chi connectivity index (χ2n) is 9.00. The van der Waals surface area contributed by atoms with Crippen LogP contribution in [0.5, 0.6) is 0 Å². The van der Waals surface area contributed by atoms with Crippen molar-refractivity contribution >= 4 is 40.2 Å². The lowest BCUT2D eigenvalue weighted by Gasteiger charge is -2.27. The lowest BCUT2D eigenvalue weighted by atomic mass is 9.91. The topological polar surface area (TPSA) is 60.3 Å². The highest BCUT2D eigenvalue weighted by molar-refractivity contribution is 7.99. The Hall–Kier alpha value is -2.28. The molecule has 172 valence electrons. The molecular formula is C26H27ClN2O3S. The Kier molecular flexibility index (Phi) is 6.50. The molecule has 2 aliphatic rings. The van der Waals surface area contributed by atoms with E-state index in [0.717, 1.165) is 54.2 Å². The molecule has 0 radical (unpaired) electrons. The number of halogens is 1. The number of nitrogens with zero attached hydrogens (tertiary/aromatic N) is 1. The monoisotopic (exact) mass is 482 g/mol. The first-order valence-electron chi connectivity index (χ1n) is 11.4. The van der Waals surface area contributed by atoms with Crippen molar-refractivity contribution in [2.45, 2.75) is 43.7 Å². The molecule has 3 heterocycles. The maximum atomic E-state index is 13.5. The minimum atomic E-state index is -0.345. The van der Waals surface area contributed by atoms with Crippen molar-refractivity contribution in [1.82, 2.24) is 9.88 Å². The van der Waals surface area contributed by atoms with Gasteiger partial charge in [0.1, 0.15) is 5.56 Å². The van der Waals surface area contributed by atoms with Crippen molar-refractivity contribution in [3.05, 3.63) is 74.5 Å². The average Bonchev–Trinajstić information content (AvgIpc) is 2.82. The molecule has 0 bridgehead atoms. The number of hydrogen-bond acceptors (Lipinski definition) is 4. The van der Waals surface area contributed by atoms with Gasteiger partial charge < -0.3 is 14.6 Å². The van der Waals surface area contributed by atoms with Crippen LogP contribution in [-0.4, -0.2) is 29.4 Å². The van der Waals surface area contributed by atoms with Crippen LogP contribution in [0.25, 0.3) is 10.9 Å². The van der Waals surface area contributed by atoms with Crippen LogP contribution in [0.15, 0.2) is 52.3 Å². The predicted molar refractivity (Wildman–Crippen MR) is 134 cm³/mol. The summed E-state index contributed by atoms with van der Waals surface area (Å²) in [6.45, 7) is 4.09. The van der Waals surface area contributed by atoms with Gasteiger partial charge in [0.15, 0.2) is 0 Å². The van der Waals surface area contributed by atoms with E-state index in [9.17, 15) is 9.59 Å².